The predicted octanol–water partition coefficient (Wildman–Crippen LogP) is 3.15. The minimum atomic E-state index is -2.02. The van der Waals surface area contributed by atoms with Crippen molar-refractivity contribution in [1.82, 2.24) is 36.1 Å². The van der Waals surface area contributed by atoms with E-state index < -0.39 is 70.9 Å². The number of ether oxygens (including phenoxy) is 2. The monoisotopic (exact) mass is 896 g/mol. The number of rotatable bonds is 15. The summed E-state index contributed by atoms with van der Waals surface area (Å²) in [6.07, 6.45) is 0.621. The summed E-state index contributed by atoms with van der Waals surface area (Å²) in [4.78, 5) is 94.4. The molecule has 0 fully saturated rings. The van der Waals surface area contributed by atoms with Gasteiger partial charge in [-0.15, -0.1) is 0 Å². The number of nitrogens with one attached hydrogen (secondary N) is 5. The van der Waals surface area contributed by atoms with E-state index in [0.29, 0.717) is 69.4 Å². The lowest BCUT2D eigenvalue weighted by molar-refractivity contribution is -0.172. The molecule has 18 nitrogen and oxygen atoms in total. The zero-order valence-electron chi connectivity index (χ0n) is 36.8. The molecule has 2 aromatic heterocycles. The Balaban J connectivity index is 1.03. The van der Waals surface area contributed by atoms with E-state index in [2.05, 4.69) is 26.6 Å². The number of hydrogen-bond donors (Lipinski definition) is 7. The number of esters is 1. The molecule has 19 heteroatoms. The third-order valence-electron chi connectivity index (χ3n) is 12.4. The van der Waals surface area contributed by atoms with Crippen molar-refractivity contribution in [3.63, 3.8) is 0 Å². The van der Waals surface area contributed by atoms with E-state index in [0.717, 1.165) is 5.56 Å². The van der Waals surface area contributed by atoms with Crippen molar-refractivity contribution in [3.05, 3.63) is 97.1 Å². The number of primary amides is 1. The van der Waals surface area contributed by atoms with Crippen molar-refractivity contribution < 1.29 is 47.7 Å². The average Bonchev–Trinajstić information content (AvgIpc) is 3.64. The summed E-state index contributed by atoms with van der Waals surface area (Å²) in [5.74, 6) is -2.92. The molecule has 0 spiro atoms. The summed E-state index contributed by atoms with van der Waals surface area (Å²) in [6, 6.07) is 6.77. The van der Waals surface area contributed by atoms with Crippen LogP contribution in [0.3, 0.4) is 0 Å². The number of urea groups is 1. The minimum absolute atomic E-state index is 0.0261. The number of benzene rings is 2. The molecule has 3 aliphatic rings. The second-order valence-electron chi connectivity index (χ2n) is 17.1. The van der Waals surface area contributed by atoms with E-state index in [1.54, 1.807) is 58.0 Å². The number of hydrogen-bond acceptors (Lipinski definition) is 11. The number of nitrogens with zero attached hydrogens (tertiary/aromatic N) is 2. The lowest BCUT2D eigenvalue weighted by Gasteiger charge is -2.31. The van der Waals surface area contributed by atoms with Crippen LogP contribution in [0.4, 0.5) is 14.0 Å². The van der Waals surface area contributed by atoms with Gasteiger partial charge in [0.15, 0.2) is 5.60 Å². The molecule has 4 heterocycles. The van der Waals surface area contributed by atoms with Crippen LogP contribution in [0.2, 0.25) is 0 Å². The van der Waals surface area contributed by atoms with E-state index in [-0.39, 0.29) is 62.7 Å². The second-order valence-corrected chi connectivity index (χ2v) is 17.1. The molecule has 344 valence electrons. The molecular weight excluding hydrogens is 844 g/mol. The number of aryl methyl sites for hydroxylation is 1. The van der Waals surface area contributed by atoms with Crippen molar-refractivity contribution in [3.8, 4) is 11.4 Å². The summed E-state index contributed by atoms with van der Waals surface area (Å²) >= 11 is 0. The van der Waals surface area contributed by atoms with Crippen LogP contribution < -0.4 is 37.9 Å². The molecule has 0 saturated carbocycles. The van der Waals surface area contributed by atoms with Gasteiger partial charge in [-0.05, 0) is 78.8 Å². The topological polar surface area (TPSA) is 262 Å². The number of pyridine rings is 2. The van der Waals surface area contributed by atoms with E-state index >= 15 is 4.39 Å². The fourth-order valence-electron chi connectivity index (χ4n) is 8.90. The van der Waals surface area contributed by atoms with Crippen LogP contribution in [0, 0.1) is 18.7 Å². The number of aliphatic hydroxyl groups is 1. The molecule has 2 aromatic carbocycles. The molecule has 0 saturated heterocycles. The first-order chi connectivity index (χ1) is 30.9. The molecule has 0 bridgehead atoms. The van der Waals surface area contributed by atoms with Crippen molar-refractivity contribution in [2.24, 2.45) is 11.7 Å². The van der Waals surface area contributed by atoms with Crippen LogP contribution in [-0.4, -0.2) is 69.1 Å². The Kier molecular flexibility index (Phi) is 13.3. The summed E-state index contributed by atoms with van der Waals surface area (Å²) < 4.78 is 27.7. The van der Waals surface area contributed by atoms with Crippen molar-refractivity contribution in [2.45, 2.75) is 117 Å². The van der Waals surface area contributed by atoms with Gasteiger partial charge in [0, 0.05) is 42.6 Å². The maximum atomic E-state index is 15.3. The Labute approximate surface area is 373 Å². The molecule has 4 atom stereocenters. The van der Waals surface area contributed by atoms with Gasteiger partial charge < -0.3 is 51.5 Å². The standard InChI is InChI=1S/C46H53FN8O10/c1-6-46(63)30-16-35-39-28(19-55(35)42(59)29(30)21-64-43(46)60)37-32(14-13-27-23(4)31(47)17-34(52-39)36(27)37)54-45(62)65-20-26-11-9-25(10-12-26)18-50-40(57)33(8-7-15-49-44(48)61)53-41(58)38(22(2)3)51-24(5)56/h9-12,16-17,22,32-33,38,63H,6-8,13-15,18-21H2,1-5H3,(H,50,57)(H,51,56)(H,53,58)(H,54,62)(H3,48,49,61)/t32-,33-,38-,46-/m0/s1. The van der Waals surface area contributed by atoms with Crippen molar-refractivity contribution >= 4 is 46.7 Å². The van der Waals surface area contributed by atoms with Crippen LogP contribution in [0.1, 0.15) is 104 Å². The van der Waals surface area contributed by atoms with E-state index in [1.807, 2.05) is 0 Å². The third-order valence-corrected chi connectivity index (χ3v) is 12.4. The van der Waals surface area contributed by atoms with Crippen molar-refractivity contribution in [2.75, 3.05) is 6.54 Å². The first kappa shape index (κ1) is 46.1. The molecule has 4 aromatic rings. The molecule has 1 aliphatic carbocycles. The van der Waals surface area contributed by atoms with Gasteiger partial charge in [-0.3, -0.25) is 19.2 Å². The summed E-state index contributed by atoms with van der Waals surface area (Å²) in [5.41, 5.74) is 8.04. The molecule has 0 radical (unpaired) electrons. The fraction of sp³-hybridized carbons (Fsp3) is 0.435. The fourth-order valence-corrected chi connectivity index (χ4v) is 8.90. The number of aromatic nitrogens is 2. The Bertz CT molecular complexity index is 2670. The number of fused-ring (bicyclic) bond motifs is 5. The number of halogens is 1. The molecule has 6 amide bonds. The summed E-state index contributed by atoms with van der Waals surface area (Å²) in [5, 5.41) is 25.7. The van der Waals surface area contributed by atoms with Crippen LogP contribution >= 0.6 is 0 Å². The summed E-state index contributed by atoms with van der Waals surface area (Å²) in [6.45, 7) is 8.15. The number of carbonyl (C=O) groups excluding carboxylic acids is 6. The third kappa shape index (κ3) is 9.23. The molecule has 8 N–H and O–H groups in total. The smallest absolute Gasteiger partial charge is 0.407 e. The zero-order valence-corrected chi connectivity index (χ0v) is 36.8. The highest BCUT2D eigenvalue weighted by Gasteiger charge is 2.46. The Hall–Kier alpha value is -6.89. The minimum Gasteiger partial charge on any atom is -0.458 e. The van der Waals surface area contributed by atoms with Gasteiger partial charge >= 0.3 is 18.1 Å². The molecule has 65 heavy (non-hydrogen) atoms. The quantitative estimate of drug-likeness (QED) is 0.0593. The van der Waals surface area contributed by atoms with E-state index in [1.165, 1.54) is 17.6 Å². The highest BCUT2D eigenvalue weighted by molar-refractivity contribution is 5.94. The second kappa shape index (κ2) is 18.7. The van der Waals surface area contributed by atoms with Crippen LogP contribution in [0.5, 0.6) is 0 Å². The lowest BCUT2D eigenvalue weighted by atomic mass is 9.81. The normalized spacial score (nSPS) is 17.8. The van der Waals surface area contributed by atoms with E-state index in [9.17, 15) is 38.7 Å². The molecular formula is C46H53FN8O10. The van der Waals surface area contributed by atoms with Gasteiger partial charge in [-0.25, -0.2) is 23.8 Å². The number of nitrogens with two attached hydrogens (primary N) is 1. The predicted molar refractivity (Wildman–Crippen MR) is 233 cm³/mol. The highest BCUT2D eigenvalue weighted by atomic mass is 19.1. The Morgan fingerprint density at radius 1 is 1.03 bits per heavy atom. The molecule has 2 aliphatic heterocycles. The van der Waals surface area contributed by atoms with Gasteiger partial charge in [0.25, 0.3) is 5.56 Å². The maximum Gasteiger partial charge on any atom is 0.407 e. The van der Waals surface area contributed by atoms with Crippen LogP contribution in [0.15, 0.2) is 41.2 Å². The number of carbonyl (C=O) groups is 6. The van der Waals surface area contributed by atoms with Gasteiger partial charge in [0.1, 0.15) is 31.1 Å². The first-order valence-electron chi connectivity index (χ1n) is 21.6. The number of amides is 6. The Morgan fingerprint density at radius 2 is 1.75 bits per heavy atom. The SMILES string of the molecule is CC[C@@]1(O)C(=O)OCc2c1cc1n(c2=O)Cc2c-1nc1cc(F)c(C)c3c1c2[C@@H](NC(=O)OCc1ccc(CNC(=O)[C@H](CCCNC(N)=O)NC(=O)[C@@H](NC(C)=O)C(C)C)cc1)CC3. The largest absolute Gasteiger partial charge is 0.458 e. The maximum absolute atomic E-state index is 15.3. The highest BCUT2D eigenvalue weighted by Crippen LogP contribution is 2.46. The summed E-state index contributed by atoms with van der Waals surface area (Å²) in [7, 11) is 0. The van der Waals surface area contributed by atoms with Crippen LogP contribution in [0.25, 0.3) is 22.3 Å². The van der Waals surface area contributed by atoms with Gasteiger partial charge in [-0.1, -0.05) is 45.0 Å². The van der Waals surface area contributed by atoms with Gasteiger partial charge in [0.2, 0.25) is 17.7 Å². The van der Waals surface area contributed by atoms with E-state index in [4.69, 9.17) is 20.2 Å². The lowest BCUT2D eigenvalue weighted by Crippen LogP contribution is -2.55. The molecule has 7 rings (SSSR count). The molecule has 0 unspecified atom stereocenters. The van der Waals surface area contributed by atoms with Crippen molar-refractivity contribution in [1.29, 1.82) is 0 Å². The van der Waals surface area contributed by atoms with Gasteiger partial charge in [-0.2, -0.15) is 0 Å². The number of cyclic esters (lactones) is 1. The zero-order chi connectivity index (χ0) is 46.9. The van der Waals surface area contributed by atoms with Gasteiger partial charge in [0.05, 0.1) is 35.1 Å². The van der Waals surface area contributed by atoms with Crippen LogP contribution in [-0.2, 0) is 67.0 Å². The first-order valence-corrected chi connectivity index (χ1v) is 21.6. The number of alkyl carbamates (subject to hydrolysis) is 1. The average molecular weight is 897 g/mol. The Morgan fingerprint density at radius 3 is 2.43 bits per heavy atom.